The van der Waals surface area contributed by atoms with Gasteiger partial charge in [-0.3, -0.25) is 0 Å². The maximum absolute atomic E-state index is 10.1. The van der Waals surface area contributed by atoms with E-state index in [1.54, 1.807) is 0 Å². The summed E-state index contributed by atoms with van der Waals surface area (Å²) < 4.78 is 14.6. The molecule has 9 rings (SSSR count). The molecule has 168 valence electrons. The molecular weight excluding hydrogens is 458 g/mol. The van der Waals surface area contributed by atoms with Gasteiger partial charge in [-0.2, -0.15) is 10.5 Å². The molecule has 0 atom stereocenters. The fourth-order valence-corrected chi connectivity index (χ4v) is 6.39. The minimum Gasteiger partial charge on any atom is -0.455 e. The van der Waals surface area contributed by atoms with Crippen molar-refractivity contribution >= 4 is 82.0 Å². The molecule has 37 heavy (non-hydrogen) atoms. The monoisotopic (exact) mass is 471 g/mol. The van der Waals surface area contributed by atoms with Gasteiger partial charge in [-0.15, -0.1) is 0 Å². The van der Waals surface area contributed by atoms with E-state index >= 15 is 0 Å². The molecule has 0 radical (unpaired) electrons. The molecule has 0 saturated carbocycles. The largest absolute Gasteiger partial charge is 0.455 e. The second-order valence-corrected chi connectivity index (χ2v) is 9.50. The number of benzene rings is 5. The van der Waals surface area contributed by atoms with Crippen molar-refractivity contribution < 1.29 is 8.83 Å². The van der Waals surface area contributed by atoms with Gasteiger partial charge in [-0.05, 0) is 24.3 Å². The third-order valence-corrected chi connectivity index (χ3v) is 7.78. The van der Waals surface area contributed by atoms with Gasteiger partial charge in [-0.25, -0.2) is 0 Å². The molecule has 0 N–H and O–H groups in total. The summed E-state index contributed by atoms with van der Waals surface area (Å²) in [6.07, 6.45) is 0. The number of fused-ring (bicyclic) bond motifs is 14. The van der Waals surface area contributed by atoms with Crippen LogP contribution in [0.2, 0.25) is 0 Å². The van der Waals surface area contributed by atoms with E-state index in [4.69, 9.17) is 8.83 Å². The molecule has 0 bridgehead atoms. The fourth-order valence-electron chi connectivity index (χ4n) is 6.39. The van der Waals surface area contributed by atoms with Crippen LogP contribution in [0.5, 0.6) is 0 Å². The van der Waals surface area contributed by atoms with Gasteiger partial charge in [0.25, 0.3) is 0 Å². The average Bonchev–Trinajstić information content (AvgIpc) is 3.67. The second kappa shape index (κ2) is 6.18. The van der Waals surface area contributed by atoms with E-state index in [1.807, 2.05) is 60.7 Å². The zero-order valence-corrected chi connectivity index (χ0v) is 19.2. The Kier molecular flexibility index (Phi) is 3.13. The molecule has 9 aromatic rings. The lowest BCUT2D eigenvalue weighted by Crippen LogP contribution is -1.86. The predicted molar refractivity (Wildman–Crippen MR) is 145 cm³/mol. The van der Waals surface area contributed by atoms with Crippen molar-refractivity contribution in [2.45, 2.75) is 0 Å². The summed E-state index contributed by atoms with van der Waals surface area (Å²) in [6, 6.07) is 30.7. The van der Waals surface area contributed by atoms with Gasteiger partial charge in [0, 0.05) is 43.1 Å². The van der Waals surface area contributed by atoms with E-state index in [-0.39, 0.29) is 0 Å². The van der Waals surface area contributed by atoms with Crippen molar-refractivity contribution in [3.8, 4) is 12.1 Å². The summed E-state index contributed by atoms with van der Waals surface area (Å²) in [5.41, 5.74) is 6.62. The Balaban J connectivity index is 1.65. The SMILES string of the molecule is N#Cc1cc2c(c3cccc4c5c6c(oc7ccccc76)c(C#N)cc5n2c34)c2c1oc1ccccc12. The lowest BCUT2D eigenvalue weighted by atomic mass is 9.99. The summed E-state index contributed by atoms with van der Waals surface area (Å²) in [6.45, 7) is 0. The van der Waals surface area contributed by atoms with Gasteiger partial charge in [0.15, 0.2) is 11.2 Å². The molecule has 0 amide bonds. The lowest BCUT2D eigenvalue weighted by Gasteiger charge is -2.03. The lowest BCUT2D eigenvalue weighted by molar-refractivity contribution is 0.667. The van der Waals surface area contributed by atoms with Crippen molar-refractivity contribution in [3.63, 3.8) is 0 Å². The quantitative estimate of drug-likeness (QED) is 0.222. The first kappa shape index (κ1) is 18.8. The van der Waals surface area contributed by atoms with Crippen LogP contribution in [0.3, 0.4) is 0 Å². The highest BCUT2D eigenvalue weighted by atomic mass is 16.3. The Bertz CT molecular complexity index is 2370. The number of nitrogens with zero attached hydrogens (tertiary/aromatic N) is 3. The maximum Gasteiger partial charge on any atom is 0.153 e. The minimum atomic E-state index is 0.489. The Morgan fingerprint density at radius 1 is 0.541 bits per heavy atom. The van der Waals surface area contributed by atoms with Crippen LogP contribution in [0, 0.1) is 22.7 Å². The summed E-state index contributed by atoms with van der Waals surface area (Å²) in [5.74, 6) is 0. The normalized spacial score (nSPS) is 12.3. The zero-order valence-electron chi connectivity index (χ0n) is 19.2. The van der Waals surface area contributed by atoms with Crippen LogP contribution in [0.15, 0.2) is 87.7 Å². The molecule has 0 aliphatic heterocycles. The number of hydrogen-bond acceptors (Lipinski definition) is 4. The van der Waals surface area contributed by atoms with Crippen LogP contribution in [0.1, 0.15) is 11.1 Å². The van der Waals surface area contributed by atoms with E-state index in [0.29, 0.717) is 22.3 Å². The maximum atomic E-state index is 10.1. The van der Waals surface area contributed by atoms with Gasteiger partial charge in [0.2, 0.25) is 0 Å². The molecule has 4 aromatic heterocycles. The second-order valence-electron chi connectivity index (χ2n) is 9.50. The van der Waals surface area contributed by atoms with Crippen molar-refractivity contribution in [1.82, 2.24) is 4.40 Å². The minimum absolute atomic E-state index is 0.489. The molecule has 5 heteroatoms. The van der Waals surface area contributed by atoms with Crippen molar-refractivity contribution in [3.05, 3.63) is 90.0 Å². The third kappa shape index (κ3) is 2.03. The third-order valence-electron chi connectivity index (χ3n) is 7.78. The molecule has 0 unspecified atom stereocenters. The molecule has 5 nitrogen and oxygen atoms in total. The highest BCUT2D eigenvalue weighted by Crippen LogP contribution is 2.48. The number of hydrogen-bond donors (Lipinski definition) is 0. The summed E-state index contributed by atoms with van der Waals surface area (Å²) >= 11 is 0. The number of rotatable bonds is 0. The Labute approximate surface area is 207 Å². The first-order valence-corrected chi connectivity index (χ1v) is 12.0. The Hall–Kier alpha value is -5.52. The van der Waals surface area contributed by atoms with Gasteiger partial charge in [0.05, 0.1) is 27.7 Å². The van der Waals surface area contributed by atoms with Crippen molar-refractivity contribution in [2.75, 3.05) is 0 Å². The molecule has 5 aromatic carbocycles. The number of furan rings is 2. The van der Waals surface area contributed by atoms with E-state index < -0.39 is 0 Å². The van der Waals surface area contributed by atoms with E-state index in [1.165, 1.54) is 0 Å². The molecule has 0 aliphatic carbocycles. The van der Waals surface area contributed by atoms with Crippen molar-refractivity contribution in [1.29, 1.82) is 10.5 Å². The summed E-state index contributed by atoms with van der Waals surface area (Å²) in [5, 5.41) is 28.4. The van der Waals surface area contributed by atoms with Crippen LogP contribution in [-0.4, -0.2) is 4.40 Å². The topological polar surface area (TPSA) is 78.3 Å². The number of nitriles is 2. The average molecular weight is 471 g/mol. The molecule has 0 aliphatic rings. The van der Waals surface area contributed by atoms with Gasteiger partial charge < -0.3 is 13.2 Å². The van der Waals surface area contributed by atoms with Crippen molar-refractivity contribution in [2.24, 2.45) is 0 Å². The van der Waals surface area contributed by atoms with E-state index in [0.717, 1.165) is 70.8 Å². The van der Waals surface area contributed by atoms with Crippen LogP contribution in [0.4, 0.5) is 0 Å². The first-order valence-electron chi connectivity index (χ1n) is 12.0. The molecular formula is C32H13N3O2. The molecule has 0 fully saturated rings. The zero-order chi connectivity index (χ0) is 24.4. The summed E-state index contributed by atoms with van der Waals surface area (Å²) in [4.78, 5) is 0. The number of para-hydroxylation sites is 3. The van der Waals surface area contributed by atoms with Gasteiger partial charge in [-0.1, -0.05) is 54.6 Å². The van der Waals surface area contributed by atoms with Gasteiger partial charge in [0.1, 0.15) is 23.3 Å². The molecule has 4 heterocycles. The van der Waals surface area contributed by atoms with Crippen LogP contribution in [0.25, 0.3) is 82.0 Å². The van der Waals surface area contributed by atoms with Crippen LogP contribution in [-0.2, 0) is 0 Å². The Morgan fingerprint density at radius 3 is 1.49 bits per heavy atom. The standard InChI is InChI=1S/C32H13N3O2/c33-14-16-12-22-26(28-18-6-1-3-10-24(18)36-31(16)28)20-8-5-9-21-27-23(35(22)30(20)21)13-17(15-34)32-29(27)19-7-2-4-11-25(19)37-32/h1-13H. The number of aromatic nitrogens is 1. The highest BCUT2D eigenvalue weighted by Gasteiger charge is 2.26. The first-order chi connectivity index (χ1) is 18.3. The molecule has 0 spiro atoms. The molecule has 0 saturated heterocycles. The highest BCUT2D eigenvalue weighted by molar-refractivity contribution is 6.36. The van der Waals surface area contributed by atoms with E-state index in [9.17, 15) is 10.5 Å². The Morgan fingerprint density at radius 2 is 1.00 bits per heavy atom. The predicted octanol–water partition coefficient (Wildman–Crippen LogP) is 8.38. The van der Waals surface area contributed by atoms with Crippen LogP contribution >= 0.6 is 0 Å². The fraction of sp³-hybridized carbons (Fsp3) is 0. The summed E-state index contributed by atoms with van der Waals surface area (Å²) in [7, 11) is 0. The van der Waals surface area contributed by atoms with E-state index in [2.05, 4.69) is 34.7 Å². The smallest absolute Gasteiger partial charge is 0.153 e. The van der Waals surface area contributed by atoms with Crippen LogP contribution < -0.4 is 0 Å². The van der Waals surface area contributed by atoms with Gasteiger partial charge >= 0.3 is 0 Å².